The number of nitrogens with one attached hydrogen (secondary N) is 2. The molecule has 2 aromatic carbocycles. The van der Waals surface area contributed by atoms with E-state index in [2.05, 4.69) is 31.9 Å². The van der Waals surface area contributed by atoms with Crippen LogP contribution < -0.4 is 25.4 Å². The maximum atomic E-state index is 14.7. The molecule has 42 heavy (non-hydrogen) atoms. The van der Waals surface area contributed by atoms with Crippen molar-refractivity contribution in [3.05, 3.63) is 40.8 Å². The van der Waals surface area contributed by atoms with Crippen molar-refractivity contribution in [1.29, 1.82) is 0 Å². The molecule has 1 fully saturated rings. The van der Waals surface area contributed by atoms with Crippen LogP contribution in [0.1, 0.15) is 16.9 Å². The number of hydrogen-bond acceptors (Lipinski definition) is 7. The van der Waals surface area contributed by atoms with Crippen molar-refractivity contribution < 1.29 is 40.4 Å². The lowest BCUT2D eigenvalue weighted by molar-refractivity contribution is -0.286. The van der Waals surface area contributed by atoms with Crippen LogP contribution in [0.3, 0.4) is 0 Å². The highest BCUT2D eigenvalue weighted by atomic mass is 32.1. The molecule has 0 radical (unpaired) electrons. The zero-order chi connectivity index (χ0) is 30.4. The standard InChI is InChI=1S/C28H28F6N3O3PS/c1-37-13-11-19(18(29)15-37)36-21-7-4-6-16-17(14-27(30,31)32)23(42-26(16)21)8-5-12-35-20-9-10-22(41(2,3)38)25-24(20)39-28(33,34)40-25/h4,6-7,9-10,18-19,35-36H,11-15H2,1-3H3. The topological polar surface area (TPSA) is 62.8 Å². The van der Waals surface area contributed by atoms with E-state index in [4.69, 9.17) is 0 Å². The zero-order valence-electron chi connectivity index (χ0n) is 22.9. The summed E-state index contributed by atoms with van der Waals surface area (Å²) >= 11 is 1.08. The average molecular weight is 632 g/mol. The van der Waals surface area contributed by atoms with Crippen LogP contribution in [0.2, 0.25) is 0 Å². The molecule has 14 heteroatoms. The minimum Gasteiger partial charge on any atom is -0.394 e. The summed E-state index contributed by atoms with van der Waals surface area (Å²) in [5.74, 6) is 4.91. The Balaban J connectivity index is 1.42. The van der Waals surface area contributed by atoms with Gasteiger partial charge in [-0.2, -0.15) is 13.2 Å². The molecule has 5 rings (SSSR count). The van der Waals surface area contributed by atoms with Gasteiger partial charge in [-0.1, -0.05) is 24.0 Å². The first kappa shape index (κ1) is 30.4. The number of anilines is 2. The van der Waals surface area contributed by atoms with Crippen LogP contribution in [0.5, 0.6) is 11.5 Å². The molecular formula is C28H28F6N3O3PS. The lowest BCUT2D eigenvalue weighted by Crippen LogP contribution is -2.46. The number of alkyl halides is 6. The van der Waals surface area contributed by atoms with Crippen molar-refractivity contribution in [2.24, 2.45) is 0 Å². The van der Waals surface area contributed by atoms with Crippen LogP contribution in [0.15, 0.2) is 30.3 Å². The van der Waals surface area contributed by atoms with Crippen LogP contribution in [0.4, 0.5) is 37.7 Å². The maximum Gasteiger partial charge on any atom is 0.586 e. The van der Waals surface area contributed by atoms with E-state index in [1.165, 1.54) is 25.5 Å². The van der Waals surface area contributed by atoms with Crippen LogP contribution >= 0.6 is 18.5 Å². The van der Waals surface area contributed by atoms with Gasteiger partial charge in [-0.25, -0.2) is 4.39 Å². The lowest BCUT2D eigenvalue weighted by Gasteiger charge is -2.33. The number of hydrogen-bond donors (Lipinski definition) is 2. The van der Waals surface area contributed by atoms with E-state index in [1.54, 1.807) is 18.2 Å². The van der Waals surface area contributed by atoms with Crippen LogP contribution in [-0.2, 0) is 11.0 Å². The van der Waals surface area contributed by atoms with Crippen molar-refractivity contribution in [2.75, 3.05) is 50.6 Å². The van der Waals surface area contributed by atoms with Crippen LogP contribution in [0, 0.1) is 11.8 Å². The largest absolute Gasteiger partial charge is 0.586 e. The first-order valence-electron chi connectivity index (χ1n) is 13.0. The van der Waals surface area contributed by atoms with Gasteiger partial charge >= 0.3 is 12.5 Å². The number of piperidine rings is 1. The monoisotopic (exact) mass is 631 g/mol. The second-order valence-corrected chi connectivity index (χ2v) is 14.9. The van der Waals surface area contributed by atoms with E-state index in [0.29, 0.717) is 28.7 Å². The van der Waals surface area contributed by atoms with E-state index < -0.39 is 38.2 Å². The van der Waals surface area contributed by atoms with Gasteiger partial charge in [0.15, 0.2) is 11.5 Å². The fourth-order valence-electron chi connectivity index (χ4n) is 5.02. The van der Waals surface area contributed by atoms with E-state index in [9.17, 15) is 30.9 Å². The van der Waals surface area contributed by atoms with Gasteiger partial charge < -0.3 is 29.6 Å². The molecule has 2 atom stereocenters. The number of ether oxygens (including phenoxy) is 2. The minimum atomic E-state index is -4.49. The molecule has 0 spiro atoms. The number of likely N-dealkylation sites (tertiary alicyclic amines) is 1. The smallest absolute Gasteiger partial charge is 0.394 e. The third-order valence-electron chi connectivity index (χ3n) is 6.96. The quantitative estimate of drug-likeness (QED) is 0.184. The summed E-state index contributed by atoms with van der Waals surface area (Å²) in [5.41, 5.74) is 0.662. The first-order chi connectivity index (χ1) is 19.6. The zero-order valence-corrected chi connectivity index (χ0v) is 24.6. The number of fused-ring (bicyclic) bond motifs is 2. The van der Waals surface area contributed by atoms with E-state index in [-0.39, 0.29) is 46.0 Å². The summed E-state index contributed by atoms with van der Waals surface area (Å²) in [7, 11) is -1.15. The molecule has 3 aromatic rings. The highest BCUT2D eigenvalue weighted by Gasteiger charge is 2.47. The molecule has 1 saturated heterocycles. The Morgan fingerprint density at radius 1 is 1.14 bits per heavy atom. The number of halogens is 6. The minimum absolute atomic E-state index is 0.0158. The molecular weight excluding hydrogens is 603 g/mol. The molecule has 0 bridgehead atoms. The van der Waals surface area contributed by atoms with Crippen molar-refractivity contribution >= 4 is 45.2 Å². The van der Waals surface area contributed by atoms with Gasteiger partial charge in [0.2, 0.25) is 0 Å². The van der Waals surface area contributed by atoms with Gasteiger partial charge in [0, 0.05) is 13.1 Å². The molecule has 0 saturated carbocycles. The second kappa shape index (κ2) is 11.2. The molecule has 2 unspecified atom stereocenters. The van der Waals surface area contributed by atoms with E-state index in [1.807, 2.05) is 11.9 Å². The van der Waals surface area contributed by atoms with Crippen molar-refractivity contribution in [2.45, 2.75) is 37.5 Å². The highest BCUT2D eigenvalue weighted by Crippen LogP contribution is 2.51. The number of rotatable bonds is 6. The molecule has 0 aliphatic carbocycles. The highest BCUT2D eigenvalue weighted by molar-refractivity contribution is 7.70. The predicted molar refractivity (Wildman–Crippen MR) is 153 cm³/mol. The van der Waals surface area contributed by atoms with E-state index in [0.717, 1.165) is 11.3 Å². The lowest BCUT2D eigenvalue weighted by atomic mass is 10.0. The summed E-state index contributed by atoms with van der Waals surface area (Å²) in [6, 6.07) is 7.27. The summed E-state index contributed by atoms with van der Waals surface area (Å²) in [5, 5.41) is 6.50. The van der Waals surface area contributed by atoms with Gasteiger partial charge in [0.25, 0.3) is 0 Å². The Kier molecular flexibility index (Phi) is 8.11. The first-order valence-corrected chi connectivity index (χ1v) is 16.4. The summed E-state index contributed by atoms with van der Waals surface area (Å²) in [6.07, 6.45) is -10.2. The number of thiophene rings is 1. The third kappa shape index (κ3) is 6.61. The SMILES string of the molecule is CN1CCC(Nc2cccc3c(CC(F)(F)F)c(C#CCNc4ccc(P(C)(C)=O)c5c4OC(F)(F)O5)sc23)C(F)C1. The fourth-order valence-corrected chi connectivity index (χ4v) is 7.26. The third-order valence-corrected chi connectivity index (χ3v) is 9.67. The molecule has 2 N–H and O–H groups in total. The Hall–Kier alpha value is -3.07. The molecule has 2 aliphatic rings. The Bertz CT molecular complexity index is 1610. The maximum absolute atomic E-state index is 14.7. The summed E-state index contributed by atoms with van der Waals surface area (Å²) < 4.78 is 106. The van der Waals surface area contributed by atoms with Crippen LogP contribution in [0.25, 0.3) is 10.1 Å². The molecule has 0 amide bonds. The normalized spacial score (nSPS) is 20.3. The second-order valence-electron chi connectivity index (χ2n) is 10.7. The molecule has 1 aromatic heterocycles. The fraction of sp³-hybridized carbons (Fsp3) is 0.429. The van der Waals surface area contributed by atoms with Gasteiger partial charge in [0.1, 0.15) is 13.3 Å². The van der Waals surface area contributed by atoms with Gasteiger partial charge in [-0.15, -0.1) is 20.1 Å². The van der Waals surface area contributed by atoms with Crippen LogP contribution in [-0.4, -0.2) is 69.6 Å². The van der Waals surface area contributed by atoms with Gasteiger partial charge in [-0.05, 0) is 55.9 Å². The molecule has 226 valence electrons. The van der Waals surface area contributed by atoms with Crippen molar-refractivity contribution in [3.8, 4) is 23.3 Å². The molecule has 3 heterocycles. The predicted octanol–water partition coefficient (Wildman–Crippen LogP) is 6.49. The van der Waals surface area contributed by atoms with Gasteiger partial charge in [0.05, 0.1) is 45.3 Å². The number of nitrogens with zero attached hydrogens (tertiary/aromatic N) is 1. The van der Waals surface area contributed by atoms with Crippen molar-refractivity contribution in [1.82, 2.24) is 4.90 Å². The average Bonchev–Trinajstić information content (AvgIpc) is 3.38. The summed E-state index contributed by atoms with van der Waals surface area (Å²) in [4.78, 5) is 2.08. The van der Waals surface area contributed by atoms with Crippen molar-refractivity contribution in [3.63, 3.8) is 0 Å². The summed E-state index contributed by atoms with van der Waals surface area (Å²) in [6.45, 7) is 3.65. The van der Waals surface area contributed by atoms with Gasteiger partial charge in [-0.3, -0.25) is 0 Å². The number of benzene rings is 2. The Morgan fingerprint density at radius 2 is 1.88 bits per heavy atom. The Morgan fingerprint density at radius 3 is 2.57 bits per heavy atom. The molecule has 2 aliphatic heterocycles. The molecule has 6 nitrogen and oxygen atoms in total. The Labute approximate surface area is 242 Å². The van der Waals surface area contributed by atoms with E-state index >= 15 is 0 Å².